The number of halogens is 1. The van der Waals surface area contributed by atoms with Gasteiger partial charge in [0.15, 0.2) is 17.8 Å². The van der Waals surface area contributed by atoms with Crippen molar-refractivity contribution in [3.63, 3.8) is 0 Å². The van der Waals surface area contributed by atoms with E-state index in [1.165, 1.54) is 10.5 Å². The molecule has 0 aliphatic rings. The van der Waals surface area contributed by atoms with E-state index in [0.29, 0.717) is 24.1 Å². The number of aldehydes is 1. The highest BCUT2D eigenvalue weighted by atomic mass is 19.1. The van der Waals surface area contributed by atoms with Crippen LogP contribution in [0.2, 0.25) is 0 Å². The van der Waals surface area contributed by atoms with Crippen molar-refractivity contribution in [2.45, 2.75) is 6.42 Å². The van der Waals surface area contributed by atoms with Crippen molar-refractivity contribution < 1.29 is 13.9 Å². The number of hydrogen-bond donors (Lipinski definition) is 0. The van der Waals surface area contributed by atoms with E-state index >= 15 is 0 Å². The Balaban J connectivity index is 2.03. The number of methoxy groups -OCH3 is 1. The minimum absolute atomic E-state index is 0.170. The largest absolute Gasteiger partial charge is 0.497 e. The number of nitrogens with zero attached hydrogens (tertiary/aromatic N) is 2. The highest BCUT2D eigenvalue weighted by Crippen LogP contribution is 2.19. The molecule has 0 radical (unpaired) electrons. The minimum Gasteiger partial charge on any atom is -0.497 e. The molecule has 5 heteroatoms. The Morgan fingerprint density at radius 1 is 1.29 bits per heavy atom. The molecule has 0 saturated carbocycles. The second-order valence-electron chi connectivity index (χ2n) is 4.64. The van der Waals surface area contributed by atoms with Gasteiger partial charge in [-0.2, -0.15) is 0 Å². The van der Waals surface area contributed by atoms with Gasteiger partial charge in [-0.25, -0.2) is 9.37 Å². The monoisotopic (exact) mass is 284 g/mol. The Bertz CT molecular complexity index is 794. The zero-order valence-corrected chi connectivity index (χ0v) is 11.4. The van der Waals surface area contributed by atoms with Gasteiger partial charge in [-0.1, -0.05) is 12.1 Å². The summed E-state index contributed by atoms with van der Waals surface area (Å²) in [6.07, 6.45) is 2.80. The van der Waals surface area contributed by atoms with Crippen molar-refractivity contribution in [2.75, 3.05) is 7.11 Å². The molecule has 0 spiro atoms. The molecule has 0 fully saturated rings. The summed E-state index contributed by atoms with van der Waals surface area (Å²) in [5.41, 5.74) is 2.08. The highest BCUT2D eigenvalue weighted by molar-refractivity contribution is 5.76. The van der Waals surface area contributed by atoms with Gasteiger partial charge in [-0.05, 0) is 29.8 Å². The average molecular weight is 284 g/mol. The Labute approximate surface area is 120 Å². The second kappa shape index (κ2) is 5.36. The molecule has 3 aromatic rings. The number of fused-ring (bicyclic) bond motifs is 1. The van der Waals surface area contributed by atoms with E-state index in [2.05, 4.69) is 4.98 Å². The summed E-state index contributed by atoms with van der Waals surface area (Å²) >= 11 is 0. The third-order valence-electron chi connectivity index (χ3n) is 3.36. The van der Waals surface area contributed by atoms with Crippen LogP contribution in [-0.4, -0.2) is 22.8 Å². The van der Waals surface area contributed by atoms with E-state index in [9.17, 15) is 9.18 Å². The Kier molecular flexibility index (Phi) is 3.39. The van der Waals surface area contributed by atoms with E-state index in [-0.39, 0.29) is 5.65 Å². The summed E-state index contributed by atoms with van der Waals surface area (Å²) in [5.74, 6) is 0.317. The van der Waals surface area contributed by atoms with Crippen LogP contribution in [0.5, 0.6) is 5.75 Å². The number of hydrogen-bond acceptors (Lipinski definition) is 3. The molecule has 21 heavy (non-hydrogen) atoms. The summed E-state index contributed by atoms with van der Waals surface area (Å²) in [5, 5.41) is 0. The first kappa shape index (κ1) is 13.3. The van der Waals surface area contributed by atoms with Crippen molar-refractivity contribution in [1.82, 2.24) is 9.38 Å². The standard InChI is InChI=1S/C16H13FN2O2/c1-21-12-6-4-11(5-7-12)9-14-15(10-20)19-8-2-3-13(17)16(19)18-14/h2-8,10H,9H2,1H3. The number of carbonyl (C=O) groups is 1. The Morgan fingerprint density at radius 2 is 2.05 bits per heavy atom. The van der Waals surface area contributed by atoms with Crippen LogP contribution >= 0.6 is 0 Å². The maximum absolute atomic E-state index is 13.7. The van der Waals surface area contributed by atoms with E-state index in [1.54, 1.807) is 19.4 Å². The number of ether oxygens (including phenoxy) is 1. The van der Waals surface area contributed by atoms with Crippen LogP contribution in [-0.2, 0) is 6.42 Å². The molecule has 1 aromatic carbocycles. The molecule has 0 bridgehead atoms. The predicted octanol–water partition coefficient (Wildman–Crippen LogP) is 2.89. The van der Waals surface area contributed by atoms with Crippen molar-refractivity contribution in [3.05, 3.63) is 65.4 Å². The van der Waals surface area contributed by atoms with Gasteiger partial charge >= 0.3 is 0 Å². The maximum Gasteiger partial charge on any atom is 0.174 e. The molecular weight excluding hydrogens is 271 g/mol. The van der Waals surface area contributed by atoms with E-state index in [1.807, 2.05) is 24.3 Å². The molecule has 0 amide bonds. The van der Waals surface area contributed by atoms with Crippen molar-refractivity contribution >= 4 is 11.9 Å². The summed E-state index contributed by atoms with van der Waals surface area (Å²) in [6, 6.07) is 10.3. The number of benzene rings is 1. The lowest BCUT2D eigenvalue weighted by Gasteiger charge is -2.02. The summed E-state index contributed by atoms with van der Waals surface area (Å²) in [6.45, 7) is 0. The van der Waals surface area contributed by atoms with E-state index in [0.717, 1.165) is 11.3 Å². The maximum atomic E-state index is 13.7. The first-order valence-electron chi connectivity index (χ1n) is 6.46. The molecule has 0 unspecified atom stereocenters. The summed E-state index contributed by atoms with van der Waals surface area (Å²) in [4.78, 5) is 15.5. The minimum atomic E-state index is -0.443. The molecule has 0 atom stereocenters. The molecule has 0 N–H and O–H groups in total. The third kappa shape index (κ3) is 2.38. The lowest BCUT2D eigenvalue weighted by molar-refractivity contribution is 0.111. The number of rotatable bonds is 4. The predicted molar refractivity (Wildman–Crippen MR) is 76.3 cm³/mol. The first-order valence-corrected chi connectivity index (χ1v) is 6.46. The average Bonchev–Trinajstić information content (AvgIpc) is 2.87. The molecule has 3 rings (SSSR count). The van der Waals surface area contributed by atoms with E-state index < -0.39 is 5.82 Å². The second-order valence-corrected chi connectivity index (χ2v) is 4.64. The molecule has 0 aliphatic carbocycles. The van der Waals surface area contributed by atoms with Gasteiger partial charge in [0.05, 0.1) is 12.8 Å². The van der Waals surface area contributed by atoms with Crippen LogP contribution < -0.4 is 4.74 Å². The summed E-state index contributed by atoms with van der Waals surface area (Å²) in [7, 11) is 1.60. The molecule has 2 aromatic heterocycles. The highest BCUT2D eigenvalue weighted by Gasteiger charge is 2.14. The molecule has 106 valence electrons. The quantitative estimate of drug-likeness (QED) is 0.692. The zero-order valence-electron chi connectivity index (χ0n) is 11.4. The molecular formula is C16H13FN2O2. The fourth-order valence-electron chi connectivity index (χ4n) is 2.29. The van der Waals surface area contributed by atoms with E-state index in [4.69, 9.17) is 4.74 Å². The number of carbonyl (C=O) groups excluding carboxylic acids is 1. The fourth-order valence-corrected chi connectivity index (χ4v) is 2.29. The number of pyridine rings is 1. The Hall–Kier alpha value is -2.69. The van der Waals surface area contributed by atoms with Gasteiger partial charge < -0.3 is 4.74 Å². The first-order chi connectivity index (χ1) is 10.2. The van der Waals surface area contributed by atoms with Crippen molar-refractivity contribution in [1.29, 1.82) is 0 Å². The topological polar surface area (TPSA) is 43.6 Å². The van der Waals surface area contributed by atoms with Gasteiger partial charge in [-0.15, -0.1) is 0 Å². The lowest BCUT2D eigenvalue weighted by atomic mass is 10.1. The Morgan fingerprint density at radius 3 is 2.71 bits per heavy atom. The van der Waals surface area contributed by atoms with Gasteiger partial charge in [0, 0.05) is 12.6 Å². The fraction of sp³-hybridized carbons (Fsp3) is 0.125. The number of imidazole rings is 1. The van der Waals surface area contributed by atoms with Crippen LogP contribution in [0.4, 0.5) is 4.39 Å². The van der Waals surface area contributed by atoms with Crippen LogP contribution in [0.1, 0.15) is 21.7 Å². The van der Waals surface area contributed by atoms with Crippen LogP contribution in [0.25, 0.3) is 5.65 Å². The smallest absolute Gasteiger partial charge is 0.174 e. The molecule has 0 aliphatic heterocycles. The van der Waals surface area contributed by atoms with Crippen molar-refractivity contribution in [3.8, 4) is 5.75 Å². The molecule has 4 nitrogen and oxygen atoms in total. The SMILES string of the molecule is COc1ccc(Cc2nc3c(F)cccn3c2C=O)cc1. The third-order valence-corrected chi connectivity index (χ3v) is 3.36. The number of aromatic nitrogens is 2. The molecule has 0 saturated heterocycles. The van der Waals surface area contributed by atoms with Crippen LogP contribution in [0.15, 0.2) is 42.6 Å². The van der Waals surface area contributed by atoms with Gasteiger partial charge in [-0.3, -0.25) is 9.20 Å². The van der Waals surface area contributed by atoms with Gasteiger partial charge in [0.2, 0.25) is 0 Å². The van der Waals surface area contributed by atoms with Gasteiger partial charge in [0.1, 0.15) is 11.4 Å². The van der Waals surface area contributed by atoms with Gasteiger partial charge in [0.25, 0.3) is 0 Å². The van der Waals surface area contributed by atoms with Crippen LogP contribution in [0.3, 0.4) is 0 Å². The zero-order chi connectivity index (χ0) is 14.8. The lowest BCUT2D eigenvalue weighted by Crippen LogP contribution is -1.96. The summed E-state index contributed by atoms with van der Waals surface area (Å²) < 4.78 is 20.3. The van der Waals surface area contributed by atoms with Crippen molar-refractivity contribution in [2.24, 2.45) is 0 Å². The normalized spacial score (nSPS) is 10.8. The molecule has 2 heterocycles. The van der Waals surface area contributed by atoms with Crippen LogP contribution in [0, 0.1) is 5.82 Å².